The number of rotatable bonds is 5. The maximum atomic E-state index is 12.7. The van der Waals surface area contributed by atoms with Crippen molar-refractivity contribution in [3.05, 3.63) is 29.3 Å². The van der Waals surface area contributed by atoms with Crippen molar-refractivity contribution < 1.29 is 19.1 Å². The first-order chi connectivity index (χ1) is 14.1. The number of methoxy groups -OCH3 is 1. The highest BCUT2D eigenvalue weighted by Crippen LogP contribution is 2.41. The number of benzene rings is 1. The summed E-state index contributed by atoms with van der Waals surface area (Å²) >= 11 is 0. The van der Waals surface area contributed by atoms with E-state index in [1.807, 2.05) is 12.1 Å². The molecule has 1 aliphatic carbocycles. The SMILES string of the molecule is COCC(=O)N1CCC([C@H]2C(=O)Nc3ccc(C(=O)NC4CCCC4)cc32)CC1. The second-order valence-electron chi connectivity index (χ2n) is 8.38. The van der Waals surface area contributed by atoms with Crippen LogP contribution in [0.5, 0.6) is 0 Å². The molecule has 3 aliphatic rings. The fraction of sp³-hybridized carbons (Fsp3) is 0.591. The average Bonchev–Trinajstić information content (AvgIpc) is 3.34. The van der Waals surface area contributed by atoms with Gasteiger partial charge in [0.2, 0.25) is 11.8 Å². The lowest BCUT2D eigenvalue weighted by atomic mass is 9.80. The minimum Gasteiger partial charge on any atom is -0.375 e. The van der Waals surface area contributed by atoms with Crippen LogP contribution in [0, 0.1) is 5.92 Å². The lowest BCUT2D eigenvalue weighted by Gasteiger charge is -2.34. The van der Waals surface area contributed by atoms with E-state index in [0.29, 0.717) is 18.7 Å². The Balaban J connectivity index is 1.46. The molecule has 1 aromatic rings. The number of nitrogens with zero attached hydrogens (tertiary/aromatic N) is 1. The second kappa shape index (κ2) is 8.53. The van der Waals surface area contributed by atoms with Crippen molar-refractivity contribution in [3.8, 4) is 0 Å². The molecule has 2 fully saturated rings. The van der Waals surface area contributed by atoms with Crippen molar-refractivity contribution in [1.82, 2.24) is 10.2 Å². The lowest BCUT2D eigenvalue weighted by Crippen LogP contribution is -2.42. The summed E-state index contributed by atoms with van der Waals surface area (Å²) in [5, 5.41) is 6.09. The van der Waals surface area contributed by atoms with Crippen LogP contribution in [0.2, 0.25) is 0 Å². The van der Waals surface area contributed by atoms with E-state index < -0.39 is 0 Å². The smallest absolute Gasteiger partial charge is 0.251 e. The molecule has 2 heterocycles. The summed E-state index contributed by atoms with van der Waals surface area (Å²) < 4.78 is 4.94. The Morgan fingerprint density at radius 3 is 2.59 bits per heavy atom. The predicted molar refractivity (Wildman–Crippen MR) is 109 cm³/mol. The lowest BCUT2D eigenvalue weighted by molar-refractivity contribution is -0.136. The molecule has 1 saturated heterocycles. The fourth-order valence-corrected chi connectivity index (χ4v) is 4.93. The van der Waals surface area contributed by atoms with Gasteiger partial charge in [-0.05, 0) is 55.4 Å². The van der Waals surface area contributed by atoms with Gasteiger partial charge < -0.3 is 20.3 Å². The van der Waals surface area contributed by atoms with Gasteiger partial charge in [-0.1, -0.05) is 12.8 Å². The quantitative estimate of drug-likeness (QED) is 0.795. The molecule has 3 amide bonds. The predicted octanol–water partition coefficient (Wildman–Crippen LogP) is 2.28. The highest BCUT2D eigenvalue weighted by molar-refractivity contribution is 6.04. The summed E-state index contributed by atoms with van der Waals surface area (Å²) in [6.45, 7) is 1.36. The van der Waals surface area contributed by atoms with Crippen LogP contribution in [-0.2, 0) is 14.3 Å². The molecule has 1 atom stereocenters. The van der Waals surface area contributed by atoms with Crippen LogP contribution in [0.4, 0.5) is 5.69 Å². The zero-order valence-corrected chi connectivity index (χ0v) is 16.9. The Kier molecular flexibility index (Phi) is 5.85. The van der Waals surface area contributed by atoms with E-state index >= 15 is 0 Å². The monoisotopic (exact) mass is 399 g/mol. The van der Waals surface area contributed by atoms with Crippen LogP contribution in [0.15, 0.2) is 18.2 Å². The second-order valence-corrected chi connectivity index (χ2v) is 8.38. The molecule has 0 radical (unpaired) electrons. The van der Waals surface area contributed by atoms with Crippen molar-refractivity contribution in [2.45, 2.75) is 50.5 Å². The fourth-order valence-electron chi connectivity index (χ4n) is 4.93. The molecule has 29 heavy (non-hydrogen) atoms. The molecule has 1 aromatic carbocycles. The largest absolute Gasteiger partial charge is 0.375 e. The van der Waals surface area contributed by atoms with Crippen molar-refractivity contribution in [2.24, 2.45) is 5.92 Å². The minimum absolute atomic E-state index is 0.00461. The van der Waals surface area contributed by atoms with Crippen LogP contribution >= 0.6 is 0 Å². The van der Waals surface area contributed by atoms with Crippen molar-refractivity contribution in [2.75, 3.05) is 32.1 Å². The molecule has 7 nitrogen and oxygen atoms in total. The number of amides is 3. The van der Waals surface area contributed by atoms with Crippen LogP contribution < -0.4 is 10.6 Å². The molecule has 7 heteroatoms. The van der Waals surface area contributed by atoms with Crippen LogP contribution in [-0.4, -0.2) is 55.5 Å². The maximum Gasteiger partial charge on any atom is 0.251 e. The Hall–Kier alpha value is -2.41. The molecule has 1 saturated carbocycles. The number of anilines is 1. The van der Waals surface area contributed by atoms with Gasteiger partial charge in [0.05, 0.1) is 5.92 Å². The first-order valence-electron chi connectivity index (χ1n) is 10.6. The van der Waals surface area contributed by atoms with Crippen LogP contribution in [0.1, 0.15) is 60.4 Å². The van der Waals surface area contributed by atoms with Crippen molar-refractivity contribution in [3.63, 3.8) is 0 Å². The van der Waals surface area contributed by atoms with Crippen molar-refractivity contribution in [1.29, 1.82) is 0 Å². The number of nitrogens with one attached hydrogen (secondary N) is 2. The van der Waals surface area contributed by atoms with Gasteiger partial charge in [0.15, 0.2) is 0 Å². The molecule has 2 aliphatic heterocycles. The van der Waals surface area contributed by atoms with Gasteiger partial charge in [0.1, 0.15) is 6.61 Å². The Morgan fingerprint density at radius 1 is 1.17 bits per heavy atom. The summed E-state index contributed by atoms with van der Waals surface area (Å²) in [6, 6.07) is 5.77. The van der Waals surface area contributed by atoms with Crippen LogP contribution in [0.3, 0.4) is 0 Å². The van der Waals surface area contributed by atoms with E-state index in [0.717, 1.165) is 36.9 Å². The molecule has 0 unspecified atom stereocenters. The average molecular weight is 399 g/mol. The van der Waals surface area contributed by atoms with Gasteiger partial charge in [-0.25, -0.2) is 0 Å². The molecule has 2 N–H and O–H groups in total. The first kappa shape index (κ1) is 19.9. The number of hydrogen-bond donors (Lipinski definition) is 2. The normalized spacial score (nSPS) is 22.4. The van der Waals surface area contributed by atoms with E-state index in [9.17, 15) is 14.4 Å². The molecule has 0 aromatic heterocycles. The molecular weight excluding hydrogens is 370 g/mol. The van der Waals surface area contributed by atoms with Crippen molar-refractivity contribution >= 4 is 23.4 Å². The number of ether oxygens (including phenoxy) is 1. The molecule has 4 rings (SSSR count). The molecule has 0 spiro atoms. The number of carbonyl (C=O) groups excluding carboxylic acids is 3. The van der Waals surface area contributed by atoms with Crippen LogP contribution in [0.25, 0.3) is 0 Å². The third-order valence-corrected chi connectivity index (χ3v) is 6.51. The van der Waals surface area contributed by atoms with E-state index in [-0.39, 0.29) is 42.2 Å². The third-order valence-electron chi connectivity index (χ3n) is 6.51. The standard InChI is InChI=1S/C22H29N3O4/c1-29-13-19(26)25-10-8-14(9-11-25)20-17-12-15(6-7-18(17)24-22(20)28)21(27)23-16-4-2-3-5-16/h6-7,12,14,16,20H,2-5,8-11,13H2,1H3,(H,23,27)(H,24,28)/t20-/m1/s1. The maximum absolute atomic E-state index is 12.7. The third kappa shape index (κ3) is 4.15. The van der Waals surface area contributed by atoms with Gasteiger partial charge in [-0.15, -0.1) is 0 Å². The van der Waals surface area contributed by atoms with E-state index in [1.165, 1.54) is 20.0 Å². The summed E-state index contributed by atoms with van der Waals surface area (Å²) in [5.74, 6) is -0.166. The summed E-state index contributed by atoms with van der Waals surface area (Å²) in [6.07, 6.45) is 5.96. The van der Waals surface area contributed by atoms with E-state index in [1.54, 1.807) is 11.0 Å². The Bertz CT molecular complexity index is 795. The Morgan fingerprint density at radius 2 is 1.90 bits per heavy atom. The molecule has 0 bridgehead atoms. The number of fused-ring (bicyclic) bond motifs is 1. The molecular formula is C22H29N3O4. The van der Waals surface area contributed by atoms with Gasteiger partial charge in [-0.3, -0.25) is 14.4 Å². The highest BCUT2D eigenvalue weighted by Gasteiger charge is 2.39. The van der Waals surface area contributed by atoms with Gasteiger partial charge in [-0.2, -0.15) is 0 Å². The minimum atomic E-state index is -0.260. The Labute approximate surface area is 171 Å². The number of piperidine rings is 1. The van der Waals surface area contributed by atoms with Gasteiger partial charge >= 0.3 is 0 Å². The van der Waals surface area contributed by atoms with E-state index in [2.05, 4.69) is 10.6 Å². The molecule has 156 valence electrons. The number of carbonyl (C=O) groups is 3. The summed E-state index contributed by atoms with van der Waals surface area (Å²) in [5.41, 5.74) is 2.33. The first-order valence-corrected chi connectivity index (χ1v) is 10.6. The zero-order valence-electron chi connectivity index (χ0n) is 16.9. The van der Waals surface area contributed by atoms with E-state index in [4.69, 9.17) is 4.74 Å². The highest BCUT2D eigenvalue weighted by atomic mass is 16.5. The summed E-state index contributed by atoms with van der Waals surface area (Å²) in [7, 11) is 1.52. The topological polar surface area (TPSA) is 87.7 Å². The zero-order chi connectivity index (χ0) is 20.4. The summed E-state index contributed by atoms with van der Waals surface area (Å²) in [4.78, 5) is 39.2. The van der Waals surface area contributed by atoms with Gasteiger partial charge in [0.25, 0.3) is 5.91 Å². The number of hydrogen-bond acceptors (Lipinski definition) is 4. The number of likely N-dealkylation sites (tertiary alicyclic amines) is 1. The van der Waals surface area contributed by atoms with Gasteiger partial charge in [0, 0.05) is 37.5 Å².